The van der Waals surface area contributed by atoms with Crippen molar-refractivity contribution in [1.29, 1.82) is 0 Å². The highest BCUT2D eigenvalue weighted by Gasteiger charge is 2.36. The summed E-state index contributed by atoms with van der Waals surface area (Å²) in [5, 5.41) is 12.2. The molecule has 0 unspecified atom stereocenters. The number of benzene rings is 2. The van der Waals surface area contributed by atoms with Crippen molar-refractivity contribution in [2.24, 2.45) is 0 Å². The highest BCUT2D eigenvalue weighted by molar-refractivity contribution is 6.39. The van der Waals surface area contributed by atoms with Crippen LogP contribution in [0.2, 0.25) is 5.02 Å². The Morgan fingerprint density at radius 3 is 2.46 bits per heavy atom. The minimum atomic E-state index is -0.845. The lowest BCUT2D eigenvalue weighted by atomic mass is 10.1. The van der Waals surface area contributed by atoms with Gasteiger partial charge in [0.2, 0.25) is 0 Å². The quantitative estimate of drug-likeness (QED) is 0.638. The van der Waals surface area contributed by atoms with Gasteiger partial charge in [-0.2, -0.15) is 0 Å². The first kappa shape index (κ1) is 17.5. The molecule has 7 nitrogen and oxygen atoms in total. The monoisotopic (exact) mass is 372 g/mol. The highest BCUT2D eigenvalue weighted by Crippen LogP contribution is 2.28. The van der Waals surface area contributed by atoms with Crippen molar-refractivity contribution in [1.82, 2.24) is 5.32 Å². The van der Waals surface area contributed by atoms with Gasteiger partial charge in [-0.1, -0.05) is 17.7 Å². The maximum atomic E-state index is 12.7. The fraction of sp³-hybridized carbons (Fsp3) is 0.0556. The topological polar surface area (TPSA) is 95.9 Å². The van der Waals surface area contributed by atoms with Crippen LogP contribution >= 0.6 is 11.6 Å². The average Bonchev–Trinajstić information content (AvgIpc) is 2.61. The van der Waals surface area contributed by atoms with Crippen molar-refractivity contribution < 1.29 is 24.2 Å². The summed E-state index contributed by atoms with van der Waals surface area (Å²) in [5.41, 5.74) is 0.495. The van der Waals surface area contributed by atoms with Crippen LogP contribution in [0.3, 0.4) is 0 Å². The predicted octanol–water partition coefficient (Wildman–Crippen LogP) is 2.72. The summed E-state index contributed by atoms with van der Waals surface area (Å²) in [6.07, 6.45) is 1.31. The molecule has 4 amide bonds. The fourth-order valence-electron chi connectivity index (χ4n) is 2.43. The van der Waals surface area contributed by atoms with Crippen LogP contribution in [-0.2, 0) is 9.59 Å². The van der Waals surface area contributed by atoms with Gasteiger partial charge in [-0.25, -0.2) is 9.69 Å². The minimum absolute atomic E-state index is 0.0768. The molecule has 2 aromatic carbocycles. The van der Waals surface area contributed by atoms with Gasteiger partial charge in [0, 0.05) is 5.02 Å². The molecular weight excluding hydrogens is 360 g/mol. The van der Waals surface area contributed by atoms with E-state index in [1.807, 2.05) is 0 Å². The molecule has 8 heteroatoms. The van der Waals surface area contributed by atoms with Gasteiger partial charge in [-0.15, -0.1) is 0 Å². The van der Waals surface area contributed by atoms with Crippen LogP contribution in [0.15, 0.2) is 48.0 Å². The average molecular weight is 373 g/mol. The number of barbiturate groups is 1. The van der Waals surface area contributed by atoms with Crippen LogP contribution in [0.1, 0.15) is 5.56 Å². The van der Waals surface area contributed by atoms with E-state index < -0.39 is 17.8 Å². The standard InChI is InChI=1S/C18H13ClN2O5/c1-26-15-9-10(2-7-14(15)22)8-13-16(23)20-18(25)21(17(13)24)12-5-3-11(19)4-6-12/h2-9,22H,1H3,(H,20,23,25)/b13-8+. The number of amides is 4. The lowest BCUT2D eigenvalue weighted by Crippen LogP contribution is -2.54. The molecule has 0 atom stereocenters. The molecule has 1 saturated heterocycles. The zero-order valence-corrected chi connectivity index (χ0v) is 14.3. The maximum Gasteiger partial charge on any atom is 0.335 e. The van der Waals surface area contributed by atoms with Gasteiger partial charge in [0.25, 0.3) is 11.8 Å². The molecule has 1 fully saturated rings. The number of phenolic OH excluding ortho intramolecular Hbond substituents is 1. The van der Waals surface area contributed by atoms with Crippen LogP contribution in [-0.4, -0.2) is 30.1 Å². The molecule has 132 valence electrons. The number of hydrogen-bond acceptors (Lipinski definition) is 5. The summed E-state index contributed by atoms with van der Waals surface area (Å²) in [4.78, 5) is 37.8. The van der Waals surface area contributed by atoms with Crippen LogP contribution in [0.25, 0.3) is 6.08 Å². The predicted molar refractivity (Wildman–Crippen MR) is 95.1 cm³/mol. The van der Waals surface area contributed by atoms with Gasteiger partial charge in [-0.05, 0) is 48.0 Å². The second-order valence-corrected chi connectivity index (χ2v) is 5.80. The third-order valence-corrected chi connectivity index (χ3v) is 3.95. The Labute approximate surface area is 153 Å². The second-order valence-electron chi connectivity index (χ2n) is 5.37. The molecule has 1 aliphatic rings. The Kier molecular flexibility index (Phi) is 4.64. The number of rotatable bonds is 3. The number of nitrogens with zero attached hydrogens (tertiary/aromatic N) is 1. The van der Waals surface area contributed by atoms with E-state index in [0.717, 1.165) is 4.90 Å². The number of anilines is 1. The van der Waals surface area contributed by atoms with E-state index in [1.54, 1.807) is 0 Å². The summed E-state index contributed by atoms with van der Waals surface area (Å²) in [6.45, 7) is 0. The molecule has 26 heavy (non-hydrogen) atoms. The van der Waals surface area contributed by atoms with Gasteiger partial charge in [0.05, 0.1) is 12.8 Å². The number of carbonyl (C=O) groups excluding carboxylic acids is 3. The van der Waals surface area contributed by atoms with Crippen LogP contribution in [0.4, 0.5) is 10.5 Å². The van der Waals surface area contributed by atoms with Crippen LogP contribution in [0.5, 0.6) is 11.5 Å². The molecule has 0 aliphatic carbocycles. The Morgan fingerprint density at radius 2 is 1.81 bits per heavy atom. The smallest absolute Gasteiger partial charge is 0.335 e. The van der Waals surface area contributed by atoms with E-state index in [4.69, 9.17) is 16.3 Å². The lowest BCUT2D eigenvalue weighted by molar-refractivity contribution is -0.122. The Morgan fingerprint density at radius 1 is 1.12 bits per heavy atom. The third kappa shape index (κ3) is 3.25. The van der Waals surface area contributed by atoms with Crippen LogP contribution < -0.4 is 15.0 Å². The van der Waals surface area contributed by atoms with Gasteiger partial charge >= 0.3 is 6.03 Å². The van der Waals surface area contributed by atoms with Gasteiger partial charge in [0.1, 0.15) is 5.57 Å². The number of carbonyl (C=O) groups is 3. The first-order valence-electron chi connectivity index (χ1n) is 7.44. The van der Waals surface area contributed by atoms with Crippen molar-refractivity contribution in [3.63, 3.8) is 0 Å². The first-order chi connectivity index (χ1) is 12.4. The molecule has 2 aromatic rings. The number of methoxy groups -OCH3 is 1. The van der Waals surface area contributed by atoms with Crippen molar-refractivity contribution in [2.45, 2.75) is 0 Å². The molecule has 3 rings (SSSR count). The third-order valence-electron chi connectivity index (χ3n) is 3.70. The van der Waals surface area contributed by atoms with Crippen molar-refractivity contribution in [3.05, 3.63) is 58.6 Å². The fourth-order valence-corrected chi connectivity index (χ4v) is 2.56. The second kappa shape index (κ2) is 6.89. The highest BCUT2D eigenvalue weighted by atomic mass is 35.5. The van der Waals surface area contributed by atoms with E-state index in [0.29, 0.717) is 10.6 Å². The number of hydrogen-bond donors (Lipinski definition) is 2. The first-order valence-corrected chi connectivity index (χ1v) is 7.82. The number of phenols is 1. The molecule has 0 saturated carbocycles. The Bertz CT molecular complexity index is 937. The van der Waals surface area contributed by atoms with Crippen molar-refractivity contribution >= 4 is 41.2 Å². The van der Waals surface area contributed by atoms with Crippen molar-refractivity contribution in [3.8, 4) is 11.5 Å². The summed E-state index contributed by atoms with van der Waals surface area (Å²) in [7, 11) is 1.38. The minimum Gasteiger partial charge on any atom is -0.504 e. The number of aromatic hydroxyl groups is 1. The summed E-state index contributed by atoms with van der Waals surface area (Å²) < 4.78 is 5.01. The SMILES string of the molecule is COc1cc(/C=C2\C(=O)NC(=O)N(c3ccc(Cl)cc3)C2=O)ccc1O. The van der Waals surface area contributed by atoms with Crippen LogP contribution in [0, 0.1) is 0 Å². The number of imide groups is 2. The molecule has 0 bridgehead atoms. The zero-order chi connectivity index (χ0) is 18.8. The molecule has 2 N–H and O–H groups in total. The van der Waals surface area contributed by atoms with E-state index in [1.165, 1.54) is 55.7 Å². The number of halogens is 1. The van der Waals surface area contributed by atoms with E-state index in [9.17, 15) is 19.5 Å². The van der Waals surface area contributed by atoms with Gasteiger partial charge < -0.3 is 9.84 Å². The molecule has 0 spiro atoms. The lowest BCUT2D eigenvalue weighted by Gasteiger charge is -2.26. The number of urea groups is 1. The summed E-state index contributed by atoms with van der Waals surface area (Å²) >= 11 is 5.82. The molecule has 1 heterocycles. The molecule has 1 aliphatic heterocycles. The zero-order valence-electron chi connectivity index (χ0n) is 13.5. The normalized spacial score (nSPS) is 16.0. The van der Waals surface area contributed by atoms with E-state index in [2.05, 4.69) is 5.32 Å². The summed E-state index contributed by atoms with van der Waals surface area (Å²) in [6, 6.07) is 9.55. The maximum absolute atomic E-state index is 12.7. The molecule has 0 radical (unpaired) electrons. The molecular formula is C18H13ClN2O5. The Balaban J connectivity index is 2.01. The molecule has 0 aromatic heterocycles. The van der Waals surface area contributed by atoms with E-state index in [-0.39, 0.29) is 22.8 Å². The number of ether oxygens (including phenoxy) is 1. The largest absolute Gasteiger partial charge is 0.504 e. The van der Waals surface area contributed by atoms with Gasteiger partial charge in [-0.3, -0.25) is 14.9 Å². The van der Waals surface area contributed by atoms with Gasteiger partial charge in [0.15, 0.2) is 11.5 Å². The Hall–Kier alpha value is -3.32. The number of nitrogens with one attached hydrogen (secondary N) is 1. The summed E-state index contributed by atoms with van der Waals surface area (Å²) in [5.74, 6) is -1.47. The van der Waals surface area contributed by atoms with Crippen molar-refractivity contribution in [2.75, 3.05) is 12.0 Å². The van der Waals surface area contributed by atoms with E-state index >= 15 is 0 Å².